The normalized spacial score (nSPS) is 25.9. The zero-order valence-corrected chi connectivity index (χ0v) is 16.8. The van der Waals surface area contributed by atoms with Crippen LogP contribution in [0.15, 0.2) is 23.8 Å². The molecule has 3 atom stereocenters. The Bertz CT molecular complexity index is 783. The largest absolute Gasteiger partial charge is 0.312 e. The monoisotopic (exact) mass is 371 g/mol. The summed E-state index contributed by atoms with van der Waals surface area (Å²) in [7, 11) is 3.15. The Hall–Kier alpha value is -2.21. The van der Waals surface area contributed by atoms with E-state index in [4.69, 9.17) is 10.1 Å². The summed E-state index contributed by atoms with van der Waals surface area (Å²) in [5, 5.41) is 8.81. The summed E-state index contributed by atoms with van der Waals surface area (Å²) in [6.07, 6.45) is 3.58. The fourth-order valence-electron chi connectivity index (χ4n) is 4.89. The lowest BCUT2D eigenvalue weighted by Crippen LogP contribution is -2.31. The number of rotatable bonds is 1. The summed E-state index contributed by atoms with van der Waals surface area (Å²) in [6.45, 7) is 8.36. The Kier molecular flexibility index (Phi) is 5.38. The van der Waals surface area contributed by atoms with Crippen molar-refractivity contribution in [2.24, 2.45) is 11.8 Å². The lowest BCUT2D eigenvalue weighted by Gasteiger charge is -2.23. The Balaban J connectivity index is 0.000000481. The van der Waals surface area contributed by atoms with E-state index in [9.17, 15) is 4.79 Å². The van der Waals surface area contributed by atoms with E-state index in [1.807, 2.05) is 4.90 Å². The first-order valence-electron chi connectivity index (χ1n) is 9.61. The molecule has 27 heavy (non-hydrogen) atoms. The molecule has 6 nitrogen and oxygen atoms in total. The average Bonchev–Trinajstić information content (AvgIpc) is 3.02. The molecular formula is C21H29N3O3. The van der Waals surface area contributed by atoms with E-state index in [1.165, 1.54) is 11.1 Å². The van der Waals surface area contributed by atoms with Gasteiger partial charge in [-0.2, -0.15) is 0 Å². The molecule has 1 amide bonds. The van der Waals surface area contributed by atoms with Crippen LogP contribution in [0.3, 0.4) is 0 Å². The Morgan fingerprint density at radius 2 is 1.96 bits per heavy atom. The van der Waals surface area contributed by atoms with Crippen molar-refractivity contribution in [1.29, 1.82) is 0 Å². The first-order chi connectivity index (χ1) is 12.7. The third-order valence-corrected chi connectivity index (χ3v) is 6.06. The predicted molar refractivity (Wildman–Crippen MR) is 107 cm³/mol. The molecule has 146 valence electrons. The third kappa shape index (κ3) is 3.63. The summed E-state index contributed by atoms with van der Waals surface area (Å²) in [4.78, 5) is 24.8. The average molecular weight is 371 g/mol. The second-order valence-electron chi connectivity index (χ2n) is 8.23. The minimum Gasteiger partial charge on any atom is -0.312 e. The van der Waals surface area contributed by atoms with Gasteiger partial charge in [0.1, 0.15) is 0 Å². The molecule has 3 unspecified atom stereocenters. The van der Waals surface area contributed by atoms with Gasteiger partial charge in [0.15, 0.2) is 7.05 Å². The highest BCUT2D eigenvalue weighted by Crippen LogP contribution is 2.48. The number of likely N-dealkylation sites (tertiary alicyclic amines) is 1. The summed E-state index contributed by atoms with van der Waals surface area (Å²) in [5.74, 6) is 1.96. The molecule has 6 heteroatoms. The van der Waals surface area contributed by atoms with Crippen molar-refractivity contribution in [1.82, 2.24) is 4.90 Å². The zero-order chi connectivity index (χ0) is 19.9. The SMILES string of the molecule is CC(=O)N1CC2CC3C(=Cc4cccc1c42)C(C(C)C)CN3C.C[N+](=O)[O-]. The summed E-state index contributed by atoms with van der Waals surface area (Å²) < 4.78 is 0. The smallest absolute Gasteiger partial charge is 0.223 e. The van der Waals surface area contributed by atoms with Crippen molar-refractivity contribution in [3.63, 3.8) is 0 Å². The molecule has 1 saturated heterocycles. The van der Waals surface area contributed by atoms with E-state index in [2.05, 4.69) is 50.1 Å². The molecule has 2 heterocycles. The molecular weight excluding hydrogens is 342 g/mol. The van der Waals surface area contributed by atoms with Crippen LogP contribution in [0.5, 0.6) is 0 Å². The first kappa shape index (κ1) is 19.5. The number of hydrogen-bond donors (Lipinski definition) is 0. The van der Waals surface area contributed by atoms with E-state index in [0.717, 1.165) is 32.2 Å². The number of anilines is 1. The van der Waals surface area contributed by atoms with E-state index in [1.54, 1.807) is 12.5 Å². The Morgan fingerprint density at radius 1 is 1.30 bits per heavy atom. The number of nitrogens with zero attached hydrogens (tertiary/aromatic N) is 3. The first-order valence-corrected chi connectivity index (χ1v) is 9.61. The van der Waals surface area contributed by atoms with Crippen LogP contribution >= 0.6 is 0 Å². The van der Waals surface area contributed by atoms with Gasteiger partial charge in [-0.15, -0.1) is 0 Å². The van der Waals surface area contributed by atoms with Gasteiger partial charge >= 0.3 is 0 Å². The quantitative estimate of drug-likeness (QED) is 0.560. The molecule has 0 radical (unpaired) electrons. The number of carbonyl (C=O) groups excluding carboxylic acids is 1. The molecule has 3 aliphatic rings. The van der Waals surface area contributed by atoms with Gasteiger partial charge in [0.2, 0.25) is 5.91 Å². The minimum atomic E-state index is -0.500. The zero-order valence-electron chi connectivity index (χ0n) is 16.8. The highest BCUT2D eigenvalue weighted by molar-refractivity contribution is 5.95. The van der Waals surface area contributed by atoms with Gasteiger partial charge in [-0.05, 0) is 48.1 Å². The van der Waals surface area contributed by atoms with Crippen LogP contribution < -0.4 is 4.90 Å². The molecule has 2 aliphatic heterocycles. The Morgan fingerprint density at radius 3 is 2.56 bits per heavy atom. The second-order valence-corrected chi connectivity index (χ2v) is 8.23. The van der Waals surface area contributed by atoms with E-state index in [0.29, 0.717) is 23.8 Å². The van der Waals surface area contributed by atoms with Gasteiger partial charge in [-0.25, -0.2) is 0 Å². The van der Waals surface area contributed by atoms with Crippen molar-refractivity contribution in [3.8, 4) is 0 Å². The molecule has 0 N–H and O–H groups in total. The molecule has 0 aromatic heterocycles. The maximum absolute atomic E-state index is 12.0. The van der Waals surface area contributed by atoms with Crippen molar-refractivity contribution in [3.05, 3.63) is 45.0 Å². The molecule has 0 saturated carbocycles. The molecule has 0 spiro atoms. The number of carbonyl (C=O) groups is 1. The van der Waals surface area contributed by atoms with Gasteiger partial charge in [0.05, 0.1) is 0 Å². The van der Waals surface area contributed by atoms with Crippen LogP contribution in [0.1, 0.15) is 44.2 Å². The van der Waals surface area contributed by atoms with Crippen LogP contribution in [0.4, 0.5) is 5.69 Å². The molecule has 1 aromatic rings. The lowest BCUT2D eigenvalue weighted by atomic mass is 9.86. The fourth-order valence-corrected chi connectivity index (χ4v) is 4.89. The Labute approximate surface area is 161 Å². The van der Waals surface area contributed by atoms with Gasteiger partial charge in [-0.3, -0.25) is 19.8 Å². The third-order valence-electron chi connectivity index (χ3n) is 6.06. The van der Waals surface area contributed by atoms with Crippen LogP contribution in [-0.2, 0) is 4.79 Å². The van der Waals surface area contributed by atoms with E-state index < -0.39 is 4.92 Å². The predicted octanol–water partition coefficient (Wildman–Crippen LogP) is 3.40. The van der Waals surface area contributed by atoms with Gasteiger partial charge in [-0.1, -0.05) is 32.1 Å². The maximum Gasteiger partial charge on any atom is 0.223 e. The number of amides is 1. The molecule has 1 fully saturated rings. The summed E-state index contributed by atoms with van der Waals surface area (Å²) >= 11 is 0. The molecule has 1 aromatic carbocycles. The van der Waals surface area contributed by atoms with Gasteiger partial charge in [0.25, 0.3) is 0 Å². The number of benzene rings is 1. The second kappa shape index (κ2) is 7.43. The van der Waals surface area contributed by atoms with E-state index in [-0.39, 0.29) is 5.91 Å². The van der Waals surface area contributed by atoms with Crippen molar-refractivity contribution in [2.45, 2.75) is 39.2 Å². The van der Waals surface area contributed by atoms with Crippen LogP contribution in [0.25, 0.3) is 6.08 Å². The maximum atomic E-state index is 12.0. The molecule has 1 aliphatic carbocycles. The van der Waals surface area contributed by atoms with Crippen molar-refractivity contribution < 1.29 is 9.72 Å². The number of nitro groups is 1. The van der Waals surface area contributed by atoms with Crippen LogP contribution in [0, 0.1) is 22.0 Å². The summed E-state index contributed by atoms with van der Waals surface area (Å²) in [5.41, 5.74) is 5.50. The highest BCUT2D eigenvalue weighted by atomic mass is 16.6. The molecule has 0 bridgehead atoms. The highest BCUT2D eigenvalue weighted by Gasteiger charge is 2.42. The van der Waals surface area contributed by atoms with Crippen LogP contribution in [-0.4, -0.2) is 49.0 Å². The van der Waals surface area contributed by atoms with Gasteiger partial charge in [0, 0.05) is 42.6 Å². The number of fused-ring (bicyclic) bond motifs is 1. The number of hydrogen-bond acceptors (Lipinski definition) is 4. The topological polar surface area (TPSA) is 66.7 Å². The standard InChI is InChI=1S/C20H26N2O.CH3NO2/c1-12(2)17-11-21(4)19-9-15-10-22(13(3)23)18-7-5-6-14(20(15)18)8-16(17)19;1-2(3)4/h5-8,12,15,17,19H,9-11H2,1-4H3;1H3. The fraction of sp³-hybridized carbons (Fsp3) is 0.571. The molecule has 4 rings (SSSR count). The minimum absolute atomic E-state index is 0.163. The number of likely N-dealkylation sites (N-methyl/N-ethyl adjacent to an activating group) is 1. The van der Waals surface area contributed by atoms with Crippen LogP contribution in [0.2, 0.25) is 0 Å². The van der Waals surface area contributed by atoms with E-state index >= 15 is 0 Å². The van der Waals surface area contributed by atoms with Crippen molar-refractivity contribution in [2.75, 3.05) is 32.1 Å². The van der Waals surface area contributed by atoms with Gasteiger partial charge < -0.3 is 4.90 Å². The lowest BCUT2D eigenvalue weighted by molar-refractivity contribution is -0.445. The summed E-state index contributed by atoms with van der Waals surface area (Å²) in [6, 6.07) is 6.98. The van der Waals surface area contributed by atoms with Crippen molar-refractivity contribution >= 4 is 17.7 Å².